The van der Waals surface area contributed by atoms with Crippen LogP contribution in [0.3, 0.4) is 0 Å². The van der Waals surface area contributed by atoms with E-state index in [-0.39, 0.29) is 6.04 Å². The highest BCUT2D eigenvalue weighted by atomic mass is 79.9. The molecular weight excluding hydrogens is 386 g/mol. The van der Waals surface area contributed by atoms with Gasteiger partial charge in [-0.25, -0.2) is 0 Å². The highest BCUT2D eigenvalue weighted by Crippen LogP contribution is 2.29. The summed E-state index contributed by atoms with van der Waals surface area (Å²) >= 11 is 7.05. The smallest absolute Gasteiger partial charge is 0.0757 e. The summed E-state index contributed by atoms with van der Waals surface area (Å²) in [5.41, 5.74) is 2.29. The molecule has 1 heterocycles. The summed E-state index contributed by atoms with van der Waals surface area (Å²) in [5, 5.41) is 7.76. The summed E-state index contributed by atoms with van der Waals surface area (Å²) in [6.07, 6.45) is 1.83. The first-order chi connectivity index (χ1) is 9.67. The zero-order chi connectivity index (χ0) is 14.5. The Bertz CT molecular complexity index is 554. The zero-order valence-corrected chi connectivity index (χ0v) is 14.6. The number of halogens is 2. The lowest BCUT2D eigenvalue weighted by Crippen LogP contribution is -2.23. The van der Waals surface area contributed by atoms with Crippen LogP contribution >= 0.6 is 31.9 Å². The third-order valence-corrected chi connectivity index (χ3v) is 4.25. The first-order valence-corrected chi connectivity index (χ1v) is 7.88. The van der Waals surface area contributed by atoms with E-state index in [0.29, 0.717) is 6.61 Å². The number of rotatable bonds is 6. The van der Waals surface area contributed by atoms with Crippen LogP contribution < -0.4 is 5.32 Å². The van der Waals surface area contributed by atoms with Crippen LogP contribution in [0.1, 0.15) is 17.3 Å². The van der Waals surface area contributed by atoms with Gasteiger partial charge in [0.1, 0.15) is 0 Å². The highest BCUT2D eigenvalue weighted by Gasteiger charge is 2.20. The van der Waals surface area contributed by atoms with Gasteiger partial charge in [-0.15, -0.1) is 0 Å². The molecule has 0 radical (unpaired) electrons. The maximum absolute atomic E-state index is 5.14. The van der Waals surface area contributed by atoms with Crippen molar-refractivity contribution in [1.29, 1.82) is 0 Å². The van der Waals surface area contributed by atoms with Crippen molar-refractivity contribution < 1.29 is 4.74 Å². The largest absolute Gasteiger partial charge is 0.383 e. The number of benzene rings is 1. The van der Waals surface area contributed by atoms with E-state index in [9.17, 15) is 0 Å². The third-order valence-electron chi connectivity index (χ3n) is 3.11. The fourth-order valence-corrected chi connectivity index (χ4v) is 2.92. The Labute approximate surface area is 135 Å². The molecule has 1 atom stereocenters. The van der Waals surface area contributed by atoms with Crippen molar-refractivity contribution in [1.82, 2.24) is 15.1 Å². The molecule has 0 spiro atoms. The van der Waals surface area contributed by atoms with Gasteiger partial charge in [-0.2, -0.15) is 5.10 Å². The van der Waals surface area contributed by atoms with Crippen molar-refractivity contribution in [3.05, 3.63) is 50.7 Å². The molecular formula is C14H17Br2N3O. The molecule has 6 heteroatoms. The number of nitrogens with one attached hydrogen (secondary N) is 1. The third kappa shape index (κ3) is 3.49. The van der Waals surface area contributed by atoms with Crippen LogP contribution in [0.25, 0.3) is 0 Å². The SMILES string of the molecule is CNC(c1ccc(Br)cc1)c1c(Br)cnn1CCOC. The zero-order valence-electron chi connectivity index (χ0n) is 11.4. The first-order valence-electron chi connectivity index (χ1n) is 6.30. The normalized spacial score (nSPS) is 12.6. The molecule has 4 nitrogen and oxygen atoms in total. The molecule has 0 bridgehead atoms. The highest BCUT2D eigenvalue weighted by molar-refractivity contribution is 9.10. The van der Waals surface area contributed by atoms with Crippen LogP contribution in [0.2, 0.25) is 0 Å². The lowest BCUT2D eigenvalue weighted by molar-refractivity contribution is 0.182. The molecule has 0 aliphatic carbocycles. The molecule has 1 N–H and O–H groups in total. The van der Waals surface area contributed by atoms with Gasteiger partial charge < -0.3 is 10.1 Å². The van der Waals surface area contributed by atoms with E-state index in [1.54, 1.807) is 7.11 Å². The second-order valence-electron chi connectivity index (χ2n) is 4.37. The Hall–Kier alpha value is -0.690. The van der Waals surface area contributed by atoms with E-state index in [1.165, 1.54) is 5.56 Å². The minimum absolute atomic E-state index is 0.0804. The van der Waals surface area contributed by atoms with Crippen molar-refractivity contribution in [2.75, 3.05) is 20.8 Å². The summed E-state index contributed by atoms with van der Waals surface area (Å²) < 4.78 is 9.18. The quantitative estimate of drug-likeness (QED) is 0.805. The van der Waals surface area contributed by atoms with E-state index in [4.69, 9.17) is 4.74 Å². The van der Waals surface area contributed by atoms with E-state index in [1.807, 2.05) is 30.1 Å². The summed E-state index contributed by atoms with van der Waals surface area (Å²) in [4.78, 5) is 0. The summed E-state index contributed by atoms with van der Waals surface area (Å²) in [5.74, 6) is 0. The van der Waals surface area contributed by atoms with E-state index in [2.05, 4.69) is 54.4 Å². The van der Waals surface area contributed by atoms with E-state index in [0.717, 1.165) is 21.2 Å². The summed E-state index contributed by atoms with van der Waals surface area (Å²) in [7, 11) is 3.65. The van der Waals surface area contributed by atoms with Crippen LogP contribution in [0.5, 0.6) is 0 Å². The van der Waals surface area contributed by atoms with Gasteiger partial charge >= 0.3 is 0 Å². The standard InChI is InChI=1S/C14H17Br2N3O/c1-17-13(10-3-5-11(15)6-4-10)14-12(16)9-18-19(14)7-8-20-2/h3-6,9,13,17H,7-8H2,1-2H3. The molecule has 0 amide bonds. The van der Waals surface area contributed by atoms with E-state index >= 15 is 0 Å². The van der Waals surface area contributed by atoms with Crippen LogP contribution in [0.4, 0.5) is 0 Å². The lowest BCUT2D eigenvalue weighted by atomic mass is 10.0. The van der Waals surface area contributed by atoms with Crippen molar-refractivity contribution in [2.24, 2.45) is 0 Å². The molecule has 20 heavy (non-hydrogen) atoms. The molecule has 0 fully saturated rings. The van der Waals surface area contributed by atoms with Gasteiger partial charge in [-0.1, -0.05) is 28.1 Å². The Morgan fingerprint density at radius 2 is 2.00 bits per heavy atom. The van der Waals surface area contributed by atoms with Gasteiger partial charge in [0.2, 0.25) is 0 Å². The molecule has 0 aliphatic heterocycles. The van der Waals surface area contributed by atoms with Crippen molar-refractivity contribution >= 4 is 31.9 Å². The molecule has 0 saturated carbocycles. The second kappa shape index (κ2) is 7.36. The molecule has 1 unspecified atom stereocenters. The number of methoxy groups -OCH3 is 1. The minimum atomic E-state index is 0.0804. The van der Waals surface area contributed by atoms with Crippen LogP contribution in [0.15, 0.2) is 39.4 Å². The van der Waals surface area contributed by atoms with Gasteiger partial charge in [-0.3, -0.25) is 4.68 Å². The van der Waals surface area contributed by atoms with Crippen molar-refractivity contribution in [2.45, 2.75) is 12.6 Å². The topological polar surface area (TPSA) is 39.1 Å². The van der Waals surface area contributed by atoms with Gasteiger partial charge in [0.25, 0.3) is 0 Å². The molecule has 0 aliphatic rings. The van der Waals surface area contributed by atoms with Gasteiger partial charge in [0.15, 0.2) is 0 Å². The monoisotopic (exact) mass is 401 g/mol. The molecule has 108 valence electrons. The molecule has 1 aromatic carbocycles. The molecule has 2 rings (SSSR count). The predicted molar refractivity (Wildman–Crippen MR) is 86.8 cm³/mol. The Morgan fingerprint density at radius 1 is 1.30 bits per heavy atom. The molecule has 0 saturated heterocycles. The molecule has 2 aromatic rings. The summed E-state index contributed by atoms with van der Waals surface area (Å²) in [6.45, 7) is 1.37. The predicted octanol–water partition coefficient (Wildman–Crippen LogP) is 3.36. The minimum Gasteiger partial charge on any atom is -0.383 e. The number of ether oxygens (including phenoxy) is 1. The van der Waals surface area contributed by atoms with Crippen molar-refractivity contribution in [3.8, 4) is 0 Å². The van der Waals surface area contributed by atoms with Gasteiger partial charge in [0.05, 0.1) is 35.6 Å². The maximum atomic E-state index is 5.14. The van der Waals surface area contributed by atoms with E-state index < -0.39 is 0 Å². The molecule has 1 aromatic heterocycles. The number of hydrogen-bond donors (Lipinski definition) is 1. The number of aromatic nitrogens is 2. The van der Waals surface area contributed by atoms with Gasteiger partial charge in [0, 0.05) is 11.6 Å². The van der Waals surface area contributed by atoms with Crippen molar-refractivity contribution in [3.63, 3.8) is 0 Å². The second-order valence-corrected chi connectivity index (χ2v) is 6.14. The van der Waals surface area contributed by atoms with Crippen LogP contribution in [-0.4, -0.2) is 30.5 Å². The van der Waals surface area contributed by atoms with Gasteiger partial charge in [-0.05, 0) is 40.7 Å². The summed E-state index contributed by atoms with van der Waals surface area (Å²) in [6, 6.07) is 8.38. The fraction of sp³-hybridized carbons (Fsp3) is 0.357. The Kier molecular flexibility index (Phi) is 5.77. The fourth-order valence-electron chi connectivity index (χ4n) is 2.13. The first kappa shape index (κ1) is 15.7. The number of nitrogens with zero attached hydrogens (tertiary/aromatic N) is 2. The lowest BCUT2D eigenvalue weighted by Gasteiger charge is -2.19. The van der Waals surface area contributed by atoms with Crippen LogP contribution in [0, 0.1) is 0 Å². The van der Waals surface area contributed by atoms with Crippen LogP contribution in [-0.2, 0) is 11.3 Å². The maximum Gasteiger partial charge on any atom is 0.0757 e. The average Bonchev–Trinajstić information content (AvgIpc) is 2.81. The Morgan fingerprint density at radius 3 is 2.60 bits per heavy atom. The average molecular weight is 403 g/mol. The Balaban J connectivity index is 2.35. The number of hydrogen-bond acceptors (Lipinski definition) is 3.